The molecule has 7 heteroatoms. The summed E-state index contributed by atoms with van der Waals surface area (Å²) in [5.41, 5.74) is 0.273. The highest BCUT2D eigenvalue weighted by atomic mass is 31.2. The smallest absolute Gasteiger partial charge is 0.262 e. The Labute approximate surface area is 116 Å². The van der Waals surface area contributed by atoms with Gasteiger partial charge in [-0.25, -0.2) is 0 Å². The molecule has 0 saturated heterocycles. The lowest BCUT2D eigenvalue weighted by Crippen LogP contribution is -2.55. The molecule has 0 radical (unpaired) electrons. The Hall–Kier alpha value is -1.49. The van der Waals surface area contributed by atoms with Gasteiger partial charge in [-0.2, -0.15) is 0 Å². The van der Waals surface area contributed by atoms with Crippen LogP contribution in [0.4, 0.5) is 0 Å². The first-order chi connectivity index (χ1) is 9.30. The first-order valence-electron chi connectivity index (χ1n) is 6.30. The summed E-state index contributed by atoms with van der Waals surface area (Å²) in [5.74, 6) is -1.44. The molecule has 1 aromatic carbocycles. The van der Waals surface area contributed by atoms with E-state index in [1.807, 2.05) is 0 Å². The second-order valence-corrected chi connectivity index (χ2v) is 6.51. The number of carbonyl (C=O) groups is 2. The van der Waals surface area contributed by atoms with Crippen molar-refractivity contribution >= 4 is 19.4 Å². The van der Waals surface area contributed by atoms with Gasteiger partial charge in [-0.1, -0.05) is 26.0 Å². The fourth-order valence-corrected chi connectivity index (χ4v) is 3.84. The highest BCUT2D eigenvalue weighted by Crippen LogP contribution is 2.52. The molecule has 20 heavy (non-hydrogen) atoms. The van der Waals surface area contributed by atoms with Gasteiger partial charge in [-0.3, -0.25) is 14.5 Å². The van der Waals surface area contributed by atoms with Crippen LogP contribution < -0.4 is 9.79 Å². The molecule has 0 unspecified atom stereocenters. The van der Waals surface area contributed by atoms with E-state index in [2.05, 4.69) is 0 Å². The van der Waals surface area contributed by atoms with Crippen LogP contribution in [0.2, 0.25) is 0 Å². The highest BCUT2D eigenvalue weighted by Gasteiger charge is 2.49. The second-order valence-electron chi connectivity index (χ2n) is 4.68. The summed E-state index contributed by atoms with van der Waals surface area (Å²) in [7, 11) is -5.17. The molecule has 0 spiro atoms. The summed E-state index contributed by atoms with van der Waals surface area (Å²) in [5, 5.41) is -2.00. The van der Waals surface area contributed by atoms with E-state index in [4.69, 9.17) is 0 Å². The highest BCUT2D eigenvalue weighted by molar-refractivity contribution is 7.50. The third-order valence-corrected chi connectivity index (χ3v) is 5.70. The molecule has 0 atom stereocenters. The van der Waals surface area contributed by atoms with Crippen molar-refractivity contribution in [2.45, 2.75) is 32.0 Å². The summed E-state index contributed by atoms with van der Waals surface area (Å²) < 4.78 is 11.7. The largest absolute Gasteiger partial charge is 0.809 e. The first-order valence-corrected chi connectivity index (χ1v) is 7.84. The summed E-state index contributed by atoms with van der Waals surface area (Å²) in [4.78, 5) is 48.6. The van der Waals surface area contributed by atoms with Crippen LogP contribution in [-0.2, 0) is 4.57 Å². The molecule has 0 aliphatic carbocycles. The van der Waals surface area contributed by atoms with Crippen molar-refractivity contribution in [3.05, 3.63) is 35.4 Å². The van der Waals surface area contributed by atoms with Gasteiger partial charge in [0.2, 0.25) is 0 Å². The van der Waals surface area contributed by atoms with Gasteiger partial charge >= 0.3 is 0 Å². The predicted octanol–water partition coefficient (Wildman–Crippen LogP) is 0.713. The molecule has 0 aromatic heterocycles. The van der Waals surface area contributed by atoms with Crippen molar-refractivity contribution < 1.29 is 23.9 Å². The second kappa shape index (κ2) is 4.81. The van der Waals surface area contributed by atoms with E-state index in [0.717, 1.165) is 0 Å². The minimum atomic E-state index is -5.17. The van der Waals surface area contributed by atoms with Crippen LogP contribution in [0.25, 0.3) is 0 Å². The minimum absolute atomic E-state index is 0.126. The number of carbonyl (C=O) groups excluding carboxylic acids is 2. The molecule has 0 saturated carbocycles. The van der Waals surface area contributed by atoms with Crippen LogP contribution in [0.15, 0.2) is 24.3 Å². The normalized spacial score (nSPS) is 15.7. The number of hydrogen-bond acceptors (Lipinski definition) is 5. The molecule has 0 fully saturated rings. The quantitative estimate of drug-likeness (QED) is 0.601. The van der Waals surface area contributed by atoms with Crippen molar-refractivity contribution in [3.63, 3.8) is 0 Å². The lowest BCUT2D eigenvalue weighted by molar-refractivity contribution is -0.324. The molecule has 108 valence electrons. The van der Waals surface area contributed by atoms with Gasteiger partial charge in [0.25, 0.3) is 11.8 Å². The molecule has 1 heterocycles. The van der Waals surface area contributed by atoms with Crippen molar-refractivity contribution in [1.82, 2.24) is 4.90 Å². The summed E-state index contributed by atoms with van der Waals surface area (Å²) in [6.45, 7) is 2.96. The molecule has 6 nitrogen and oxygen atoms in total. The lowest BCUT2D eigenvalue weighted by atomic mass is 10.1. The van der Waals surface area contributed by atoms with Crippen molar-refractivity contribution in [2.75, 3.05) is 0 Å². The van der Waals surface area contributed by atoms with Gasteiger partial charge in [0.1, 0.15) is 0 Å². The van der Waals surface area contributed by atoms with Gasteiger partial charge in [0, 0.05) is 0 Å². The molecule has 2 rings (SSSR count). The molecular weight excluding hydrogens is 281 g/mol. The van der Waals surface area contributed by atoms with E-state index in [0.29, 0.717) is 4.90 Å². The van der Waals surface area contributed by atoms with Gasteiger partial charge in [0.15, 0.2) is 0 Å². The lowest BCUT2D eigenvalue weighted by Gasteiger charge is -2.52. The SMILES string of the molecule is CCC(CC)(N1C(=O)c2ccccc2C1=O)P(=O)([O-])[O-]. The van der Waals surface area contributed by atoms with E-state index in [9.17, 15) is 23.9 Å². The van der Waals surface area contributed by atoms with Crippen molar-refractivity contribution in [2.24, 2.45) is 0 Å². The Balaban J connectivity index is 2.63. The van der Waals surface area contributed by atoms with E-state index in [-0.39, 0.29) is 24.0 Å². The summed E-state index contributed by atoms with van der Waals surface area (Å²) in [6.07, 6.45) is -0.251. The number of rotatable bonds is 4. The maximum absolute atomic E-state index is 12.3. The van der Waals surface area contributed by atoms with Gasteiger partial charge in [-0.05, 0) is 32.6 Å². The van der Waals surface area contributed by atoms with Gasteiger partial charge in [0.05, 0.1) is 16.4 Å². The Kier molecular flexibility index (Phi) is 3.58. The van der Waals surface area contributed by atoms with E-state index in [1.54, 1.807) is 12.1 Å². The molecule has 1 aliphatic rings. The predicted molar refractivity (Wildman–Crippen MR) is 67.9 cm³/mol. The zero-order valence-corrected chi connectivity index (χ0v) is 12.1. The maximum Gasteiger partial charge on any atom is 0.262 e. The number of imide groups is 1. The van der Waals surface area contributed by atoms with Crippen LogP contribution in [0.5, 0.6) is 0 Å². The number of hydrogen-bond donors (Lipinski definition) is 0. The zero-order chi connectivity index (χ0) is 15.1. The average Bonchev–Trinajstić information content (AvgIpc) is 2.65. The Morgan fingerprint density at radius 1 is 1.05 bits per heavy atom. The minimum Gasteiger partial charge on any atom is -0.809 e. The standard InChI is InChI=1S/C13H16NO5P/c1-3-13(4-2,20(17,18)19)14-11(15)9-7-5-6-8-10(9)12(14)16/h5-8H,3-4H2,1-2H3,(H2,17,18,19)/p-2. The maximum atomic E-state index is 12.3. The number of fused-ring (bicyclic) bond motifs is 1. The van der Waals surface area contributed by atoms with E-state index >= 15 is 0 Å². The fraction of sp³-hybridized carbons (Fsp3) is 0.385. The fourth-order valence-electron chi connectivity index (χ4n) is 2.64. The van der Waals surface area contributed by atoms with Crippen molar-refractivity contribution in [3.8, 4) is 0 Å². The first kappa shape index (κ1) is 14.9. The monoisotopic (exact) mass is 295 g/mol. The Morgan fingerprint density at radius 2 is 1.45 bits per heavy atom. The molecule has 2 amide bonds. The molecule has 0 N–H and O–H groups in total. The number of benzene rings is 1. The topological polar surface area (TPSA) is 101 Å². The van der Waals surface area contributed by atoms with E-state index < -0.39 is 24.7 Å². The number of nitrogens with zero attached hydrogens (tertiary/aromatic N) is 1. The summed E-state index contributed by atoms with van der Waals surface area (Å²) in [6, 6.07) is 6.07. The van der Waals surface area contributed by atoms with Gasteiger partial charge < -0.3 is 14.4 Å². The van der Waals surface area contributed by atoms with Crippen molar-refractivity contribution in [1.29, 1.82) is 0 Å². The molecule has 1 aliphatic heterocycles. The van der Waals surface area contributed by atoms with Crippen LogP contribution in [0.3, 0.4) is 0 Å². The third kappa shape index (κ3) is 1.84. The molecular formula is C13H14NO5P-2. The third-order valence-electron chi connectivity index (χ3n) is 3.85. The average molecular weight is 295 g/mol. The Morgan fingerprint density at radius 3 is 1.75 bits per heavy atom. The van der Waals surface area contributed by atoms with Crippen LogP contribution in [-0.4, -0.2) is 22.0 Å². The van der Waals surface area contributed by atoms with Crippen LogP contribution >= 0.6 is 7.60 Å². The zero-order valence-electron chi connectivity index (χ0n) is 11.2. The molecule has 1 aromatic rings. The van der Waals surface area contributed by atoms with Gasteiger partial charge in [-0.15, -0.1) is 0 Å². The summed E-state index contributed by atoms with van der Waals surface area (Å²) >= 11 is 0. The van der Waals surface area contributed by atoms with Crippen LogP contribution in [0, 0.1) is 0 Å². The van der Waals surface area contributed by atoms with E-state index in [1.165, 1.54) is 26.0 Å². The van der Waals surface area contributed by atoms with Crippen LogP contribution in [0.1, 0.15) is 47.4 Å². The molecule has 0 bridgehead atoms. The number of amides is 2. The Bertz CT molecular complexity index is 582.